The van der Waals surface area contributed by atoms with Crippen LogP contribution in [0, 0.1) is 5.82 Å². The van der Waals surface area contributed by atoms with Gasteiger partial charge in [-0.15, -0.1) is 0 Å². The number of hydrogen-bond donors (Lipinski definition) is 1. The molecular weight excluding hydrogens is 263 g/mol. The molecule has 2 aliphatic rings. The molecule has 0 saturated carbocycles. The fourth-order valence-electron chi connectivity index (χ4n) is 4.33. The third-order valence-electron chi connectivity index (χ3n) is 5.32. The van der Waals surface area contributed by atoms with Crippen LogP contribution < -0.4 is 5.32 Å². The monoisotopic (exact) mass is 290 g/mol. The Balaban J connectivity index is 1.66. The van der Waals surface area contributed by atoms with Crippen molar-refractivity contribution >= 4 is 0 Å². The first kappa shape index (κ1) is 15.0. The highest BCUT2D eigenvalue weighted by atomic mass is 19.1. The molecule has 2 bridgehead atoms. The lowest BCUT2D eigenvalue weighted by Crippen LogP contribution is -2.51. The van der Waals surface area contributed by atoms with E-state index in [0.29, 0.717) is 24.2 Å². The Morgan fingerprint density at radius 2 is 1.90 bits per heavy atom. The Morgan fingerprint density at radius 1 is 1.24 bits per heavy atom. The highest BCUT2D eigenvalue weighted by molar-refractivity contribution is 5.18. The van der Waals surface area contributed by atoms with Crippen LogP contribution in [-0.2, 0) is 6.42 Å². The van der Waals surface area contributed by atoms with Gasteiger partial charge in [-0.05, 0) is 57.2 Å². The zero-order valence-corrected chi connectivity index (χ0v) is 13.2. The smallest absolute Gasteiger partial charge is 0.126 e. The zero-order chi connectivity index (χ0) is 14.8. The van der Waals surface area contributed by atoms with Crippen molar-refractivity contribution in [2.24, 2.45) is 0 Å². The quantitative estimate of drug-likeness (QED) is 0.894. The summed E-state index contributed by atoms with van der Waals surface area (Å²) in [5, 5.41) is 3.71. The maximum atomic E-state index is 13.9. The lowest BCUT2D eigenvalue weighted by atomic mass is 9.95. The molecule has 0 aromatic heterocycles. The third-order valence-corrected chi connectivity index (χ3v) is 5.32. The number of halogens is 1. The van der Waals surface area contributed by atoms with E-state index in [1.807, 2.05) is 12.1 Å². The minimum absolute atomic E-state index is 0.0641. The van der Waals surface area contributed by atoms with Crippen LogP contribution in [0.1, 0.15) is 45.1 Å². The van der Waals surface area contributed by atoms with E-state index in [0.717, 1.165) is 18.5 Å². The molecule has 0 spiro atoms. The fraction of sp³-hybridized carbons (Fsp3) is 0.667. The highest BCUT2D eigenvalue weighted by Gasteiger charge is 2.36. The first-order chi connectivity index (χ1) is 10.2. The van der Waals surface area contributed by atoms with Crippen LogP contribution in [0.4, 0.5) is 4.39 Å². The van der Waals surface area contributed by atoms with E-state index < -0.39 is 0 Å². The van der Waals surface area contributed by atoms with Gasteiger partial charge in [0, 0.05) is 24.2 Å². The number of nitrogens with one attached hydrogen (secondary N) is 1. The van der Waals surface area contributed by atoms with Gasteiger partial charge in [0.2, 0.25) is 0 Å². The molecule has 2 fully saturated rings. The first-order valence-corrected chi connectivity index (χ1v) is 8.42. The number of piperidine rings is 1. The molecule has 1 N–H and O–H groups in total. The van der Waals surface area contributed by atoms with Crippen molar-refractivity contribution in [2.45, 2.75) is 70.1 Å². The third kappa shape index (κ3) is 3.29. The normalized spacial score (nSPS) is 29.8. The number of benzene rings is 1. The van der Waals surface area contributed by atoms with Crippen molar-refractivity contribution in [1.82, 2.24) is 10.2 Å². The summed E-state index contributed by atoms with van der Waals surface area (Å²) in [5.74, 6) is -0.0641. The molecule has 2 nitrogen and oxygen atoms in total. The van der Waals surface area contributed by atoms with E-state index in [1.54, 1.807) is 12.1 Å². The molecule has 3 rings (SSSR count). The van der Waals surface area contributed by atoms with E-state index >= 15 is 0 Å². The van der Waals surface area contributed by atoms with Crippen LogP contribution in [-0.4, -0.2) is 35.6 Å². The molecule has 0 amide bonds. The highest BCUT2D eigenvalue weighted by Crippen LogP contribution is 2.31. The predicted molar refractivity (Wildman–Crippen MR) is 84.9 cm³/mol. The van der Waals surface area contributed by atoms with Crippen molar-refractivity contribution < 1.29 is 4.39 Å². The maximum Gasteiger partial charge on any atom is 0.126 e. The molecule has 21 heavy (non-hydrogen) atoms. The van der Waals surface area contributed by atoms with Crippen molar-refractivity contribution in [2.75, 3.05) is 6.54 Å². The SMILES string of the molecule is CCN(C(C)Cc1ccccc1F)C1CC2CCC(C1)N2. The average molecular weight is 290 g/mol. The number of fused-ring (bicyclic) bond motifs is 2. The van der Waals surface area contributed by atoms with E-state index in [9.17, 15) is 4.39 Å². The van der Waals surface area contributed by atoms with E-state index in [2.05, 4.69) is 24.1 Å². The topological polar surface area (TPSA) is 15.3 Å². The van der Waals surface area contributed by atoms with Gasteiger partial charge in [-0.2, -0.15) is 0 Å². The summed E-state index contributed by atoms with van der Waals surface area (Å²) in [5.41, 5.74) is 0.848. The maximum absolute atomic E-state index is 13.9. The predicted octanol–water partition coefficient (Wildman–Crippen LogP) is 3.36. The molecule has 2 heterocycles. The van der Waals surface area contributed by atoms with E-state index in [1.165, 1.54) is 25.7 Å². The van der Waals surface area contributed by atoms with Crippen LogP contribution in [0.2, 0.25) is 0 Å². The molecule has 1 aromatic rings. The number of nitrogens with zero attached hydrogens (tertiary/aromatic N) is 1. The molecule has 3 unspecified atom stereocenters. The van der Waals surface area contributed by atoms with Crippen molar-refractivity contribution in [3.05, 3.63) is 35.6 Å². The van der Waals surface area contributed by atoms with Gasteiger partial charge in [0.05, 0.1) is 0 Å². The van der Waals surface area contributed by atoms with Crippen LogP contribution in [0.15, 0.2) is 24.3 Å². The molecule has 1 aromatic carbocycles. The lowest BCUT2D eigenvalue weighted by molar-refractivity contribution is 0.107. The van der Waals surface area contributed by atoms with Crippen molar-refractivity contribution in [1.29, 1.82) is 0 Å². The average Bonchev–Trinajstić information content (AvgIpc) is 2.81. The van der Waals surface area contributed by atoms with Gasteiger partial charge in [0.1, 0.15) is 5.82 Å². The van der Waals surface area contributed by atoms with Crippen molar-refractivity contribution in [3.8, 4) is 0 Å². The van der Waals surface area contributed by atoms with Crippen LogP contribution in [0.3, 0.4) is 0 Å². The minimum atomic E-state index is -0.0641. The number of likely N-dealkylation sites (N-methyl/N-ethyl adjacent to an activating group) is 1. The Hall–Kier alpha value is -0.930. The molecule has 2 saturated heterocycles. The Bertz CT molecular complexity index is 464. The lowest BCUT2D eigenvalue weighted by Gasteiger charge is -2.40. The fourth-order valence-corrected chi connectivity index (χ4v) is 4.33. The van der Waals surface area contributed by atoms with E-state index in [-0.39, 0.29) is 5.82 Å². The number of rotatable bonds is 5. The van der Waals surface area contributed by atoms with Gasteiger partial charge in [-0.1, -0.05) is 25.1 Å². The van der Waals surface area contributed by atoms with Crippen LogP contribution in [0.25, 0.3) is 0 Å². The molecule has 0 aliphatic carbocycles. The summed E-state index contributed by atoms with van der Waals surface area (Å²) < 4.78 is 13.9. The van der Waals surface area contributed by atoms with Crippen LogP contribution >= 0.6 is 0 Å². The Labute approximate surface area is 127 Å². The standard InChI is InChI=1S/C18H27FN2/c1-3-21(17-11-15-8-9-16(12-17)20-15)13(2)10-14-6-4-5-7-18(14)19/h4-7,13,15-17,20H,3,8-12H2,1-2H3. The molecule has 116 valence electrons. The molecule has 0 radical (unpaired) electrons. The van der Waals surface area contributed by atoms with Gasteiger partial charge in [-0.3, -0.25) is 4.90 Å². The summed E-state index contributed by atoms with van der Waals surface area (Å²) >= 11 is 0. The summed E-state index contributed by atoms with van der Waals surface area (Å²) in [6, 6.07) is 9.68. The second-order valence-corrected chi connectivity index (χ2v) is 6.74. The molecule has 2 aliphatic heterocycles. The molecule has 3 atom stereocenters. The number of hydrogen-bond acceptors (Lipinski definition) is 2. The van der Waals surface area contributed by atoms with Gasteiger partial charge >= 0.3 is 0 Å². The van der Waals surface area contributed by atoms with Gasteiger partial charge < -0.3 is 5.32 Å². The Morgan fingerprint density at radius 3 is 2.52 bits per heavy atom. The first-order valence-electron chi connectivity index (χ1n) is 8.42. The summed E-state index contributed by atoms with van der Waals surface area (Å²) in [4.78, 5) is 2.60. The largest absolute Gasteiger partial charge is 0.311 e. The molecule has 3 heteroatoms. The second kappa shape index (κ2) is 6.45. The Kier molecular flexibility index (Phi) is 4.60. The van der Waals surface area contributed by atoms with E-state index in [4.69, 9.17) is 0 Å². The molecular formula is C18H27FN2. The van der Waals surface area contributed by atoms with Crippen molar-refractivity contribution in [3.63, 3.8) is 0 Å². The minimum Gasteiger partial charge on any atom is -0.311 e. The summed E-state index contributed by atoms with van der Waals surface area (Å²) in [6.45, 7) is 5.54. The summed E-state index contributed by atoms with van der Waals surface area (Å²) in [7, 11) is 0. The van der Waals surface area contributed by atoms with Gasteiger partial charge in [-0.25, -0.2) is 4.39 Å². The van der Waals surface area contributed by atoms with Gasteiger partial charge in [0.25, 0.3) is 0 Å². The van der Waals surface area contributed by atoms with Gasteiger partial charge in [0.15, 0.2) is 0 Å². The zero-order valence-electron chi connectivity index (χ0n) is 13.2. The van der Waals surface area contributed by atoms with Crippen LogP contribution in [0.5, 0.6) is 0 Å². The summed E-state index contributed by atoms with van der Waals surface area (Å²) in [6.07, 6.45) is 5.98. The second-order valence-electron chi connectivity index (χ2n) is 6.74.